The zero-order valence-corrected chi connectivity index (χ0v) is 17.5. The van der Waals surface area contributed by atoms with E-state index in [-0.39, 0.29) is 11.6 Å². The van der Waals surface area contributed by atoms with E-state index in [2.05, 4.69) is 85.7 Å². The summed E-state index contributed by atoms with van der Waals surface area (Å²) in [6, 6.07) is 22.9. The Morgan fingerprint density at radius 3 is 2.52 bits per heavy atom. The molecule has 1 aliphatic heterocycles. The van der Waals surface area contributed by atoms with Crippen molar-refractivity contribution in [2.45, 2.75) is 25.5 Å². The molecule has 3 aliphatic rings. The zero-order chi connectivity index (χ0) is 21.0. The van der Waals surface area contributed by atoms with Gasteiger partial charge in [-0.3, -0.25) is 0 Å². The van der Waals surface area contributed by atoms with Gasteiger partial charge in [-0.2, -0.15) is 0 Å². The molecule has 1 fully saturated rings. The minimum absolute atomic E-state index is 0.157. The molecule has 154 valence electrons. The minimum atomic E-state index is -0.157. The highest BCUT2D eigenvalue weighted by Crippen LogP contribution is 2.72. The van der Waals surface area contributed by atoms with Gasteiger partial charge in [-0.15, -0.1) is 5.48 Å². The van der Waals surface area contributed by atoms with E-state index in [0.29, 0.717) is 11.8 Å². The van der Waals surface area contributed by atoms with Gasteiger partial charge in [0.15, 0.2) is 6.23 Å². The molecule has 6 rings (SSSR count). The Labute approximate surface area is 183 Å². The standard InChI is InChI=1S/C28H25NO2/c1-3-18-9-11-19(12-10-18)20-13-15-22(16-14-20)31-29-27-26-25-24-21(6-4-8-23(24)30-27)7-5-17-28(25,26)2/h3-16,25-27,29H,1,17H2,2H3. The van der Waals surface area contributed by atoms with E-state index in [1.165, 1.54) is 16.7 Å². The van der Waals surface area contributed by atoms with E-state index >= 15 is 0 Å². The first-order chi connectivity index (χ1) is 15.2. The van der Waals surface area contributed by atoms with Crippen LogP contribution >= 0.6 is 0 Å². The SMILES string of the molecule is C=Cc1ccc(-c2ccc(ONC3Oc4cccc5c4C4C3C4(C)CC=C5)cc2)cc1. The van der Waals surface area contributed by atoms with Crippen LogP contribution in [0, 0.1) is 11.3 Å². The summed E-state index contributed by atoms with van der Waals surface area (Å²) >= 11 is 0. The summed E-state index contributed by atoms with van der Waals surface area (Å²) in [5.74, 6) is 2.69. The molecule has 1 heterocycles. The highest BCUT2D eigenvalue weighted by molar-refractivity contribution is 5.66. The van der Waals surface area contributed by atoms with Crippen LogP contribution in [-0.4, -0.2) is 6.23 Å². The predicted octanol–water partition coefficient (Wildman–Crippen LogP) is 6.44. The van der Waals surface area contributed by atoms with Gasteiger partial charge in [0.25, 0.3) is 0 Å². The summed E-state index contributed by atoms with van der Waals surface area (Å²) < 4.78 is 6.36. The maximum atomic E-state index is 6.36. The highest BCUT2D eigenvalue weighted by Gasteiger charge is 2.68. The fourth-order valence-electron chi connectivity index (χ4n) is 5.44. The van der Waals surface area contributed by atoms with Crippen molar-refractivity contribution in [2.24, 2.45) is 11.3 Å². The summed E-state index contributed by atoms with van der Waals surface area (Å²) in [6.07, 6.45) is 7.32. The van der Waals surface area contributed by atoms with Crippen molar-refractivity contribution in [1.82, 2.24) is 5.48 Å². The van der Waals surface area contributed by atoms with E-state index in [0.717, 1.165) is 29.0 Å². The quantitative estimate of drug-likeness (QED) is 0.494. The molecule has 4 atom stereocenters. The Kier molecular flexibility index (Phi) is 4.09. The maximum Gasteiger partial charge on any atom is 0.185 e. The van der Waals surface area contributed by atoms with Crippen molar-refractivity contribution < 1.29 is 9.57 Å². The van der Waals surface area contributed by atoms with Crippen LogP contribution < -0.4 is 15.1 Å². The second-order valence-corrected chi connectivity index (χ2v) is 8.98. The number of hydrogen-bond donors (Lipinski definition) is 1. The van der Waals surface area contributed by atoms with Gasteiger partial charge in [0.05, 0.1) is 0 Å². The molecule has 0 spiro atoms. The first-order valence-electron chi connectivity index (χ1n) is 10.9. The number of ether oxygens (including phenoxy) is 1. The number of allylic oxidation sites excluding steroid dienone is 1. The van der Waals surface area contributed by atoms with Crippen LogP contribution in [0.2, 0.25) is 0 Å². The van der Waals surface area contributed by atoms with Gasteiger partial charge in [-0.1, -0.05) is 80.3 Å². The molecule has 1 N–H and O–H groups in total. The Bertz CT molecular complexity index is 1180. The number of benzene rings is 3. The van der Waals surface area contributed by atoms with Gasteiger partial charge < -0.3 is 9.57 Å². The number of fused-ring (bicyclic) bond motifs is 1. The molecule has 3 heteroatoms. The maximum absolute atomic E-state index is 6.36. The summed E-state index contributed by atoms with van der Waals surface area (Å²) in [7, 11) is 0. The Hall–Kier alpha value is -3.30. The lowest BCUT2D eigenvalue weighted by atomic mass is 9.97. The van der Waals surface area contributed by atoms with Crippen molar-refractivity contribution in [1.29, 1.82) is 0 Å². The van der Waals surface area contributed by atoms with E-state index in [1.54, 1.807) is 0 Å². The topological polar surface area (TPSA) is 30.5 Å². The van der Waals surface area contributed by atoms with E-state index in [1.807, 2.05) is 18.2 Å². The first kappa shape index (κ1) is 18.5. The lowest BCUT2D eigenvalue weighted by molar-refractivity contribution is 0.0101. The van der Waals surface area contributed by atoms with Crippen LogP contribution in [0.15, 0.2) is 79.4 Å². The van der Waals surface area contributed by atoms with Crippen LogP contribution in [-0.2, 0) is 0 Å². The van der Waals surface area contributed by atoms with Crippen LogP contribution in [0.4, 0.5) is 0 Å². The number of rotatable bonds is 5. The molecule has 31 heavy (non-hydrogen) atoms. The monoisotopic (exact) mass is 407 g/mol. The molecule has 4 unspecified atom stereocenters. The Morgan fingerprint density at radius 1 is 1.03 bits per heavy atom. The second-order valence-electron chi connectivity index (χ2n) is 8.98. The third-order valence-corrected chi connectivity index (χ3v) is 7.19. The number of hydroxylamine groups is 1. The normalized spacial score (nSPS) is 26.9. The molecular formula is C28H25NO2. The van der Waals surface area contributed by atoms with Gasteiger partial charge in [-0.25, -0.2) is 0 Å². The Morgan fingerprint density at radius 2 is 1.77 bits per heavy atom. The van der Waals surface area contributed by atoms with Crippen LogP contribution in [0.25, 0.3) is 23.3 Å². The van der Waals surface area contributed by atoms with Crippen LogP contribution in [0.5, 0.6) is 11.5 Å². The molecule has 0 bridgehead atoms. The van der Waals surface area contributed by atoms with Crippen LogP contribution in [0.3, 0.4) is 0 Å². The first-order valence-corrected chi connectivity index (χ1v) is 10.9. The van der Waals surface area contributed by atoms with Crippen molar-refractivity contribution in [2.75, 3.05) is 0 Å². The highest BCUT2D eigenvalue weighted by atomic mass is 16.7. The van der Waals surface area contributed by atoms with Gasteiger partial charge in [0.1, 0.15) is 11.5 Å². The van der Waals surface area contributed by atoms with Gasteiger partial charge >= 0.3 is 0 Å². The van der Waals surface area contributed by atoms with Crippen molar-refractivity contribution in [3.05, 3.63) is 96.1 Å². The number of hydrogen-bond acceptors (Lipinski definition) is 3. The summed E-state index contributed by atoms with van der Waals surface area (Å²) in [4.78, 5) is 5.96. The average Bonchev–Trinajstić information content (AvgIpc) is 3.46. The molecule has 0 radical (unpaired) electrons. The van der Waals surface area contributed by atoms with E-state index < -0.39 is 0 Å². The molecule has 2 aliphatic carbocycles. The molecule has 3 nitrogen and oxygen atoms in total. The predicted molar refractivity (Wildman–Crippen MR) is 125 cm³/mol. The van der Waals surface area contributed by atoms with Crippen LogP contribution in [0.1, 0.15) is 36.0 Å². The van der Waals surface area contributed by atoms with E-state index in [4.69, 9.17) is 9.57 Å². The molecule has 0 aromatic heterocycles. The smallest absolute Gasteiger partial charge is 0.185 e. The summed E-state index contributed by atoms with van der Waals surface area (Å²) in [5.41, 5.74) is 9.55. The molecular weight excluding hydrogens is 382 g/mol. The van der Waals surface area contributed by atoms with Crippen molar-refractivity contribution >= 4 is 12.2 Å². The lowest BCUT2D eigenvalue weighted by Crippen LogP contribution is -2.41. The fourth-order valence-corrected chi connectivity index (χ4v) is 5.44. The average molecular weight is 408 g/mol. The van der Waals surface area contributed by atoms with E-state index in [9.17, 15) is 0 Å². The van der Waals surface area contributed by atoms with Gasteiger partial charge in [0.2, 0.25) is 0 Å². The van der Waals surface area contributed by atoms with Gasteiger partial charge in [-0.05, 0) is 52.3 Å². The largest absolute Gasteiger partial charge is 0.472 e. The third-order valence-electron chi connectivity index (χ3n) is 7.19. The summed E-state index contributed by atoms with van der Waals surface area (Å²) in [6.45, 7) is 6.18. The number of nitrogens with one attached hydrogen (secondary N) is 1. The van der Waals surface area contributed by atoms with Gasteiger partial charge in [0, 0.05) is 17.4 Å². The molecule has 1 saturated carbocycles. The summed E-state index contributed by atoms with van der Waals surface area (Å²) in [5, 5.41) is 0. The fraction of sp³-hybridized carbons (Fsp3) is 0.214. The second kappa shape index (κ2) is 6.86. The zero-order valence-electron chi connectivity index (χ0n) is 17.5. The van der Waals surface area contributed by atoms with Crippen molar-refractivity contribution in [3.63, 3.8) is 0 Å². The minimum Gasteiger partial charge on any atom is -0.472 e. The molecule has 3 aromatic rings. The van der Waals surface area contributed by atoms with Crippen molar-refractivity contribution in [3.8, 4) is 22.6 Å². The lowest BCUT2D eigenvalue weighted by Gasteiger charge is -2.27. The Balaban J connectivity index is 1.18. The molecule has 3 aromatic carbocycles. The third kappa shape index (κ3) is 2.92. The molecule has 0 saturated heterocycles. The molecule has 0 amide bonds.